The maximum absolute atomic E-state index is 10.6. The second kappa shape index (κ2) is 11.5. The number of phenolic OH excluding ortho intramolecular Hbond substituents is 2. The second-order valence-corrected chi connectivity index (χ2v) is 8.42. The van der Waals surface area contributed by atoms with E-state index in [9.17, 15) is 10.2 Å². The topological polar surface area (TPSA) is 111 Å². The molecule has 7 N–H and O–H groups in total. The zero-order valence-electron chi connectivity index (χ0n) is 18.6. The Morgan fingerprint density at radius 1 is 0.806 bits per heavy atom. The van der Waals surface area contributed by atoms with Crippen molar-refractivity contribution >= 4 is 0 Å². The molecule has 31 heavy (non-hydrogen) atoms. The quantitative estimate of drug-likeness (QED) is 0.476. The summed E-state index contributed by atoms with van der Waals surface area (Å²) in [5.74, 6) is 0.650. The van der Waals surface area contributed by atoms with E-state index in [1.165, 1.54) is 0 Å². The van der Waals surface area contributed by atoms with Crippen LogP contribution in [0.4, 0.5) is 0 Å². The van der Waals surface area contributed by atoms with E-state index < -0.39 is 0 Å². The lowest BCUT2D eigenvalue weighted by Gasteiger charge is -2.29. The van der Waals surface area contributed by atoms with Crippen molar-refractivity contribution in [3.63, 3.8) is 0 Å². The van der Waals surface area contributed by atoms with Gasteiger partial charge in [-0.3, -0.25) is 9.80 Å². The van der Waals surface area contributed by atoms with Crippen molar-refractivity contribution in [1.82, 2.24) is 15.1 Å². The largest absolute Gasteiger partial charge is 0.507 e. The molecule has 0 radical (unpaired) electrons. The van der Waals surface area contributed by atoms with E-state index in [1.807, 2.05) is 31.2 Å². The van der Waals surface area contributed by atoms with Crippen LogP contribution in [-0.2, 0) is 26.2 Å². The average molecular weight is 428 g/mol. The highest BCUT2D eigenvalue weighted by Gasteiger charge is 2.16. The summed E-state index contributed by atoms with van der Waals surface area (Å²) in [5, 5.41) is 24.6. The highest BCUT2D eigenvalue weighted by molar-refractivity contribution is 5.43. The minimum atomic E-state index is 0.322. The zero-order valence-corrected chi connectivity index (χ0v) is 18.6. The molecule has 3 rings (SSSR count). The maximum Gasteiger partial charge on any atom is 0.124 e. The molecule has 0 saturated carbocycles. The van der Waals surface area contributed by atoms with Crippen molar-refractivity contribution in [3.05, 3.63) is 58.1 Å². The molecule has 0 amide bonds. The Bertz CT molecular complexity index is 858. The molecule has 1 aliphatic heterocycles. The van der Waals surface area contributed by atoms with Crippen molar-refractivity contribution in [3.8, 4) is 11.5 Å². The van der Waals surface area contributed by atoms with Crippen molar-refractivity contribution in [2.45, 2.75) is 39.5 Å². The summed E-state index contributed by atoms with van der Waals surface area (Å²) >= 11 is 0. The Kier molecular flexibility index (Phi) is 8.69. The van der Waals surface area contributed by atoms with Gasteiger partial charge in [-0.25, -0.2) is 0 Å². The molecular weight excluding hydrogens is 390 g/mol. The predicted molar refractivity (Wildman–Crippen MR) is 125 cm³/mol. The van der Waals surface area contributed by atoms with Crippen molar-refractivity contribution in [2.75, 3.05) is 39.3 Å². The minimum Gasteiger partial charge on any atom is -0.507 e. The Balaban J connectivity index is 1.64. The van der Waals surface area contributed by atoms with E-state index in [2.05, 4.69) is 21.2 Å². The number of hydrogen-bond acceptors (Lipinski definition) is 7. The van der Waals surface area contributed by atoms with Crippen LogP contribution in [0.2, 0.25) is 0 Å². The molecule has 2 aromatic rings. The molecule has 1 saturated heterocycles. The second-order valence-electron chi connectivity index (χ2n) is 8.42. The number of phenols is 2. The molecule has 1 fully saturated rings. The zero-order chi connectivity index (χ0) is 22.2. The van der Waals surface area contributed by atoms with Gasteiger partial charge in [0, 0.05) is 74.6 Å². The normalized spacial score (nSPS) is 17.0. The monoisotopic (exact) mass is 427 g/mol. The van der Waals surface area contributed by atoms with Gasteiger partial charge in [-0.2, -0.15) is 0 Å². The van der Waals surface area contributed by atoms with Crippen molar-refractivity contribution in [1.29, 1.82) is 0 Å². The van der Waals surface area contributed by atoms with Gasteiger partial charge in [0.1, 0.15) is 11.5 Å². The fourth-order valence-corrected chi connectivity index (χ4v) is 4.29. The maximum atomic E-state index is 10.6. The molecule has 0 aromatic heterocycles. The predicted octanol–water partition coefficient (Wildman–Crippen LogP) is 1.62. The van der Waals surface area contributed by atoms with Gasteiger partial charge in [-0.05, 0) is 26.4 Å². The average Bonchev–Trinajstić information content (AvgIpc) is 2.76. The van der Waals surface area contributed by atoms with Crippen molar-refractivity contribution < 1.29 is 10.2 Å². The first kappa shape index (κ1) is 23.5. The van der Waals surface area contributed by atoms with Crippen LogP contribution in [0.1, 0.15) is 34.2 Å². The van der Waals surface area contributed by atoms with Gasteiger partial charge in [0.25, 0.3) is 0 Å². The van der Waals surface area contributed by atoms with Crippen LogP contribution < -0.4 is 16.8 Å². The molecule has 170 valence electrons. The third-order valence-electron chi connectivity index (χ3n) is 6.00. The molecule has 0 bridgehead atoms. The molecule has 1 aliphatic rings. The Morgan fingerprint density at radius 2 is 1.35 bits per heavy atom. The number of para-hydroxylation sites is 1. The molecular formula is C24H37N5O2. The summed E-state index contributed by atoms with van der Waals surface area (Å²) in [6.07, 6.45) is 1.02. The standard InChI is InChI=1S/C24H37N5O2/c1-18-12-21(15-26)24(31)22(13-18)17-29-9-3-8-28(10-6-27-7-11-29)16-20-5-2-4-19(14-25)23(20)30/h2,4-5,12-13,27,30-31H,3,6-11,14-17,25-26H2,1H3. The number of aryl methyl sites for hydroxylation is 1. The highest BCUT2D eigenvalue weighted by atomic mass is 16.3. The number of aromatic hydroxyl groups is 2. The van der Waals surface area contributed by atoms with Crippen LogP contribution in [0.3, 0.4) is 0 Å². The first-order valence-corrected chi connectivity index (χ1v) is 11.2. The van der Waals surface area contributed by atoms with Crippen LogP contribution in [0.25, 0.3) is 0 Å². The molecule has 0 atom stereocenters. The Hall–Kier alpha value is -2.16. The lowest BCUT2D eigenvalue weighted by molar-refractivity contribution is 0.200. The van der Waals surface area contributed by atoms with Gasteiger partial charge < -0.3 is 27.0 Å². The Morgan fingerprint density at radius 3 is 2.00 bits per heavy atom. The van der Waals surface area contributed by atoms with Crippen LogP contribution in [-0.4, -0.2) is 59.3 Å². The van der Waals surface area contributed by atoms with Gasteiger partial charge in [0.05, 0.1) is 0 Å². The van der Waals surface area contributed by atoms with E-state index in [1.54, 1.807) is 0 Å². The molecule has 0 unspecified atom stereocenters. The molecule has 0 spiro atoms. The molecule has 7 nitrogen and oxygen atoms in total. The number of nitrogens with zero attached hydrogens (tertiary/aromatic N) is 2. The molecule has 1 heterocycles. The van der Waals surface area contributed by atoms with E-state index in [-0.39, 0.29) is 0 Å². The van der Waals surface area contributed by atoms with Crippen molar-refractivity contribution in [2.24, 2.45) is 11.5 Å². The number of hydrogen-bond donors (Lipinski definition) is 5. The third kappa shape index (κ3) is 6.41. The third-order valence-corrected chi connectivity index (χ3v) is 6.00. The van der Waals surface area contributed by atoms with E-state index in [0.717, 1.165) is 73.5 Å². The highest BCUT2D eigenvalue weighted by Crippen LogP contribution is 2.26. The fourth-order valence-electron chi connectivity index (χ4n) is 4.29. The van der Waals surface area contributed by atoms with Gasteiger partial charge in [0.2, 0.25) is 0 Å². The van der Waals surface area contributed by atoms with E-state index >= 15 is 0 Å². The summed E-state index contributed by atoms with van der Waals surface area (Å²) in [7, 11) is 0. The smallest absolute Gasteiger partial charge is 0.124 e. The lowest BCUT2D eigenvalue weighted by atomic mass is 10.0. The number of nitrogens with one attached hydrogen (secondary N) is 1. The summed E-state index contributed by atoms with van der Waals surface area (Å²) in [5.41, 5.74) is 16.1. The number of rotatable bonds is 6. The summed E-state index contributed by atoms with van der Waals surface area (Å²) in [6, 6.07) is 9.82. The van der Waals surface area contributed by atoms with Crippen LogP contribution in [0.5, 0.6) is 11.5 Å². The van der Waals surface area contributed by atoms with Gasteiger partial charge in [-0.15, -0.1) is 0 Å². The first-order valence-electron chi connectivity index (χ1n) is 11.2. The van der Waals surface area contributed by atoms with E-state index in [0.29, 0.717) is 37.7 Å². The number of nitrogens with two attached hydrogens (primary N) is 2. The number of benzene rings is 2. The minimum absolute atomic E-state index is 0.322. The lowest BCUT2D eigenvalue weighted by Crippen LogP contribution is -2.40. The Labute approximate surface area is 185 Å². The summed E-state index contributed by atoms with van der Waals surface area (Å²) < 4.78 is 0. The summed E-state index contributed by atoms with van der Waals surface area (Å²) in [4.78, 5) is 4.76. The fraction of sp³-hybridized carbons (Fsp3) is 0.500. The van der Waals surface area contributed by atoms with Crippen LogP contribution in [0.15, 0.2) is 30.3 Å². The first-order chi connectivity index (χ1) is 15.0. The van der Waals surface area contributed by atoms with Gasteiger partial charge >= 0.3 is 0 Å². The SMILES string of the molecule is Cc1cc(CN)c(O)c(CN2CCCN(Cc3cccc(CN)c3O)CCNCC2)c1. The van der Waals surface area contributed by atoms with Crippen LogP contribution >= 0.6 is 0 Å². The molecule has 7 heteroatoms. The van der Waals surface area contributed by atoms with Gasteiger partial charge in [-0.1, -0.05) is 35.9 Å². The van der Waals surface area contributed by atoms with Crippen LogP contribution in [0, 0.1) is 6.92 Å². The van der Waals surface area contributed by atoms with E-state index in [4.69, 9.17) is 11.5 Å². The molecule has 2 aromatic carbocycles. The van der Waals surface area contributed by atoms with Gasteiger partial charge in [0.15, 0.2) is 0 Å². The summed E-state index contributed by atoms with van der Waals surface area (Å²) in [6.45, 7) is 9.70. The molecule has 0 aliphatic carbocycles.